The fourth-order valence-corrected chi connectivity index (χ4v) is 3.11. The summed E-state index contributed by atoms with van der Waals surface area (Å²) in [5.41, 5.74) is 0.660. The van der Waals surface area contributed by atoms with Gasteiger partial charge in [0, 0.05) is 25.2 Å². The molecule has 2 heterocycles. The molecule has 1 unspecified atom stereocenters. The lowest BCUT2D eigenvalue weighted by Crippen LogP contribution is -2.42. The third-order valence-corrected chi connectivity index (χ3v) is 4.63. The smallest absolute Gasteiger partial charge is 0.291 e. The molecule has 1 aliphatic rings. The highest BCUT2D eigenvalue weighted by Crippen LogP contribution is 2.32. The Morgan fingerprint density at radius 3 is 2.95 bits per heavy atom. The number of hydrogen-bond donors (Lipinski definition) is 1. The Kier molecular flexibility index (Phi) is 4.93. The molecule has 7 heteroatoms. The summed E-state index contributed by atoms with van der Waals surface area (Å²) < 4.78 is 0.699. The van der Waals surface area contributed by atoms with Gasteiger partial charge >= 0.3 is 0 Å². The molecule has 0 saturated carbocycles. The van der Waals surface area contributed by atoms with Crippen LogP contribution in [0.15, 0.2) is 10.7 Å². The second-order valence-corrected chi connectivity index (χ2v) is 5.98. The SMILES string of the molecule is Cc1c([N+](=O)[O-])cnc(N(C)CC2CCCCN2)c1Br. The molecule has 1 aromatic rings. The van der Waals surface area contributed by atoms with E-state index in [0.717, 1.165) is 25.3 Å². The molecule has 1 aliphatic heterocycles. The minimum Gasteiger partial charge on any atom is -0.357 e. The van der Waals surface area contributed by atoms with E-state index < -0.39 is 4.92 Å². The molecule has 1 fully saturated rings. The molecule has 0 spiro atoms. The predicted molar refractivity (Wildman–Crippen MR) is 82.2 cm³/mol. The third-order valence-electron chi connectivity index (χ3n) is 3.68. The van der Waals surface area contributed by atoms with Gasteiger partial charge in [-0.25, -0.2) is 4.98 Å². The van der Waals surface area contributed by atoms with Crippen LogP contribution in [0.2, 0.25) is 0 Å². The van der Waals surface area contributed by atoms with Crippen LogP contribution < -0.4 is 10.2 Å². The number of hydrogen-bond acceptors (Lipinski definition) is 5. The number of halogens is 1. The zero-order valence-electron chi connectivity index (χ0n) is 11.7. The van der Waals surface area contributed by atoms with Crippen LogP contribution in [0.25, 0.3) is 0 Å². The van der Waals surface area contributed by atoms with Crippen molar-refractivity contribution in [1.29, 1.82) is 0 Å². The average Bonchev–Trinajstić information content (AvgIpc) is 2.42. The van der Waals surface area contributed by atoms with E-state index >= 15 is 0 Å². The van der Waals surface area contributed by atoms with Crippen molar-refractivity contribution in [2.45, 2.75) is 32.2 Å². The summed E-state index contributed by atoms with van der Waals surface area (Å²) in [6.07, 6.45) is 4.98. The van der Waals surface area contributed by atoms with Crippen molar-refractivity contribution in [3.8, 4) is 0 Å². The first-order valence-corrected chi connectivity index (χ1v) is 7.54. The van der Waals surface area contributed by atoms with Crippen LogP contribution in [-0.2, 0) is 0 Å². The normalized spacial score (nSPS) is 18.9. The van der Waals surface area contributed by atoms with Crippen molar-refractivity contribution in [2.75, 3.05) is 25.0 Å². The minimum atomic E-state index is -0.403. The first-order valence-electron chi connectivity index (χ1n) is 6.74. The maximum atomic E-state index is 10.9. The summed E-state index contributed by atoms with van der Waals surface area (Å²) in [5, 5.41) is 14.4. The number of aromatic nitrogens is 1. The van der Waals surface area contributed by atoms with E-state index in [0.29, 0.717) is 16.1 Å². The lowest BCUT2D eigenvalue weighted by molar-refractivity contribution is -0.385. The van der Waals surface area contributed by atoms with Gasteiger partial charge in [0.15, 0.2) is 0 Å². The molecule has 1 aromatic heterocycles. The molecular weight excluding hydrogens is 324 g/mol. The molecule has 0 aliphatic carbocycles. The zero-order valence-corrected chi connectivity index (χ0v) is 13.3. The average molecular weight is 343 g/mol. The van der Waals surface area contributed by atoms with E-state index in [1.54, 1.807) is 6.92 Å². The van der Waals surface area contributed by atoms with Gasteiger partial charge in [0.25, 0.3) is 5.69 Å². The second kappa shape index (κ2) is 6.49. The molecule has 1 saturated heterocycles. The van der Waals surface area contributed by atoms with E-state index in [1.165, 1.54) is 19.0 Å². The highest BCUT2D eigenvalue weighted by molar-refractivity contribution is 9.10. The summed E-state index contributed by atoms with van der Waals surface area (Å²) >= 11 is 3.44. The molecule has 0 aromatic carbocycles. The molecule has 20 heavy (non-hydrogen) atoms. The van der Waals surface area contributed by atoms with E-state index in [-0.39, 0.29) is 5.69 Å². The van der Waals surface area contributed by atoms with Gasteiger partial charge in [-0.2, -0.15) is 0 Å². The molecule has 6 nitrogen and oxygen atoms in total. The van der Waals surface area contributed by atoms with Crippen LogP contribution in [0.5, 0.6) is 0 Å². The molecule has 0 radical (unpaired) electrons. The Bertz CT molecular complexity index is 503. The second-order valence-electron chi connectivity index (χ2n) is 5.19. The Balaban J connectivity index is 2.15. The van der Waals surface area contributed by atoms with Crippen LogP contribution in [0.4, 0.5) is 11.5 Å². The number of likely N-dealkylation sites (N-methyl/N-ethyl adjacent to an activating group) is 1. The van der Waals surface area contributed by atoms with Crippen LogP contribution in [0, 0.1) is 17.0 Å². The maximum absolute atomic E-state index is 10.9. The standard InChI is InChI=1S/C13H19BrN4O2/c1-9-11(18(19)20)7-16-13(12(9)14)17(2)8-10-5-3-4-6-15-10/h7,10,15H,3-6,8H2,1-2H3. The molecular formula is C13H19BrN4O2. The fourth-order valence-electron chi connectivity index (χ4n) is 2.50. The van der Waals surface area contributed by atoms with Gasteiger partial charge in [-0.05, 0) is 42.2 Å². The minimum absolute atomic E-state index is 0.0461. The molecule has 1 N–H and O–H groups in total. The van der Waals surface area contributed by atoms with Gasteiger partial charge in [0.2, 0.25) is 0 Å². The van der Waals surface area contributed by atoms with Crippen molar-refractivity contribution >= 4 is 27.4 Å². The monoisotopic (exact) mass is 342 g/mol. The Morgan fingerprint density at radius 1 is 1.60 bits per heavy atom. The van der Waals surface area contributed by atoms with Crippen molar-refractivity contribution in [3.05, 3.63) is 26.3 Å². The zero-order chi connectivity index (χ0) is 14.7. The largest absolute Gasteiger partial charge is 0.357 e. The molecule has 1 atom stereocenters. The van der Waals surface area contributed by atoms with Crippen LogP contribution in [-0.4, -0.2) is 36.1 Å². The van der Waals surface area contributed by atoms with E-state index in [1.807, 2.05) is 11.9 Å². The van der Waals surface area contributed by atoms with E-state index in [2.05, 4.69) is 26.2 Å². The third kappa shape index (κ3) is 3.27. The summed E-state index contributed by atoms with van der Waals surface area (Å²) in [5.74, 6) is 0.750. The number of anilines is 1. The highest BCUT2D eigenvalue weighted by Gasteiger charge is 2.21. The number of pyridine rings is 1. The van der Waals surface area contributed by atoms with Crippen molar-refractivity contribution in [1.82, 2.24) is 10.3 Å². The van der Waals surface area contributed by atoms with Crippen molar-refractivity contribution in [3.63, 3.8) is 0 Å². The van der Waals surface area contributed by atoms with Gasteiger partial charge in [-0.15, -0.1) is 0 Å². The lowest BCUT2D eigenvalue weighted by Gasteiger charge is -2.29. The van der Waals surface area contributed by atoms with E-state index in [9.17, 15) is 10.1 Å². The molecule has 0 amide bonds. The molecule has 110 valence electrons. The van der Waals surface area contributed by atoms with Gasteiger partial charge in [0.05, 0.1) is 9.40 Å². The first-order chi connectivity index (χ1) is 9.50. The number of nitrogens with zero attached hydrogens (tertiary/aromatic N) is 3. The Morgan fingerprint density at radius 2 is 2.35 bits per heavy atom. The number of nitro groups is 1. The molecule has 0 bridgehead atoms. The van der Waals surface area contributed by atoms with Gasteiger partial charge < -0.3 is 10.2 Å². The first kappa shape index (κ1) is 15.2. The maximum Gasteiger partial charge on any atom is 0.291 e. The number of piperidine rings is 1. The van der Waals surface area contributed by atoms with Crippen LogP contribution in [0.3, 0.4) is 0 Å². The summed E-state index contributed by atoms with van der Waals surface area (Å²) in [6, 6.07) is 0.456. The van der Waals surface area contributed by atoms with Gasteiger partial charge in [0.1, 0.15) is 12.0 Å². The van der Waals surface area contributed by atoms with Gasteiger partial charge in [-0.1, -0.05) is 6.42 Å². The summed E-state index contributed by atoms with van der Waals surface area (Å²) in [6.45, 7) is 3.65. The number of rotatable bonds is 4. The quantitative estimate of drug-likeness (QED) is 0.672. The Labute approximate surface area is 126 Å². The molecule has 2 rings (SSSR count). The number of nitrogens with one attached hydrogen (secondary N) is 1. The highest BCUT2D eigenvalue weighted by atomic mass is 79.9. The summed E-state index contributed by atoms with van der Waals surface area (Å²) in [7, 11) is 1.97. The van der Waals surface area contributed by atoms with Crippen molar-refractivity contribution in [2.24, 2.45) is 0 Å². The van der Waals surface area contributed by atoms with E-state index in [4.69, 9.17) is 0 Å². The van der Waals surface area contributed by atoms with Gasteiger partial charge in [-0.3, -0.25) is 10.1 Å². The Hall–Kier alpha value is -1.21. The van der Waals surface area contributed by atoms with Crippen LogP contribution >= 0.6 is 15.9 Å². The topological polar surface area (TPSA) is 71.3 Å². The van der Waals surface area contributed by atoms with Crippen molar-refractivity contribution < 1.29 is 4.92 Å². The predicted octanol–water partition coefficient (Wildman–Crippen LogP) is 2.64. The van der Waals surface area contributed by atoms with Crippen LogP contribution in [0.1, 0.15) is 24.8 Å². The lowest BCUT2D eigenvalue weighted by atomic mass is 10.0. The fraction of sp³-hybridized carbons (Fsp3) is 0.615. The summed E-state index contributed by atoms with van der Waals surface area (Å²) in [4.78, 5) is 16.8.